The molecule has 2 N–H and O–H groups in total. The number of H-pyrrole nitrogens is 1. The fraction of sp³-hybridized carbons (Fsp3) is 0.250. The summed E-state index contributed by atoms with van der Waals surface area (Å²) in [6, 6.07) is 4.18. The van der Waals surface area contributed by atoms with Crippen LogP contribution in [0.3, 0.4) is 0 Å². The molecule has 0 aliphatic heterocycles. The van der Waals surface area contributed by atoms with Gasteiger partial charge in [-0.05, 0) is 6.07 Å². The summed E-state index contributed by atoms with van der Waals surface area (Å²) in [6.07, 6.45) is 4.16. The second-order valence-corrected chi connectivity index (χ2v) is 3.68. The molecule has 0 saturated heterocycles. The summed E-state index contributed by atoms with van der Waals surface area (Å²) in [5.41, 5.74) is 0.337. The Bertz CT molecular complexity index is 469. The highest BCUT2D eigenvalue weighted by Gasteiger charge is 2.06. The molecule has 0 aliphatic carbocycles. The molecular weight excluding hydrogens is 224 g/mol. The third kappa shape index (κ3) is 3.10. The lowest BCUT2D eigenvalue weighted by Crippen LogP contribution is -2.18. The van der Waals surface area contributed by atoms with Crippen LogP contribution in [0.1, 0.15) is 11.4 Å². The van der Waals surface area contributed by atoms with Gasteiger partial charge in [-0.25, -0.2) is 13.8 Å². The lowest BCUT2D eigenvalue weighted by molar-refractivity contribution is 0.493. The lowest BCUT2D eigenvalue weighted by Gasteiger charge is -2.05. The minimum absolute atomic E-state index is 0.310. The highest BCUT2D eigenvalue weighted by atomic mass is 19.2. The van der Waals surface area contributed by atoms with Crippen LogP contribution in [0.25, 0.3) is 0 Å². The molecule has 0 spiro atoms. The fourth-order valence-corrected chi connectivity index (χ4v) is 1.55. The van der Waals surface area contributed by atoms with Gasteiger partial charge in [0.15, 0.2) is 11.6 Å². The first-order valence-corrected chi connectivity index (χ1v) is 5.39. The number of hydrogen-bond acceptors (Lipinski definition) is 2. The number of hydrogen-bond donors (Lipinski definition) is 2. The minimum atomic E-state index is -0.810. The normalized spacial score (nSPS) is 10.7. The van der Waals surface area contributed by atoms with E-state index in [-0.39, 0.29) is 0 Å². The van der Waals surface area contributed by atoms with Crippen LogP contribution in [0.4, 0.5) is 8.78 Å². The third-order valence-electron chi connectivity index (χ3n) is 2.44. The van der Waals surface area contributed by atoms with Crippen LogP contribution >= 0.6 is 0 Å². The third-order valence-corrected chi connectivity index (χ3v) is 2.44. The van der Waals surface area contributed by atoms with Crippen molar-refractivity contribution in [3.05, 3.63) is 53.6 Å². The molecule has 1 heterocycles. The zero-order chi connectivity index (χ0) is 12.1. The predicted molar refractivity (Wildman–Crippen MR) is 60.4 cm³/mol. The summed E-state index contributed by atoms with van der Waals surface area (Å²) in [5.74, 6) is -0.717. The van der Waals surface area contributed by atoms with Crippen LogP contribution in [0.2, 0.25) is 0 Å². The van der Waals surface area contributed by atoms with Crippen molar-refractivity contribution in [2.75, 3.05) is 6.54 Å². The first-order valence-electron chi connectivity index (χ1n) is 5.39. The minimum Gasteiger partial charge on any atom is -0.349 e. The average molecular weight is 237 g/mol. The van der Waals surface area contributed by atoms with Gasteiger partial charge in [0.2, 0.25) is 0 Å². The van der Waals surface area contributed by atoms with Gasteiger partial charge in [-0.1, -0.05) is 12.1 Å². The van der Waals surface area contributed by atoms with Gasteiger partial charge in [0.1, 0.15) is 5.82 Å². The Kier molecular flexibility index (Phi) is 3.82. The molecule has 0 radical (unpaired) electrons. The highest BCUT2D eigenvalue weighted by molar-refractivity contribution is 5.18. The van der Waals surface area contributed by atoms with E-state index in [4.69, 9.17) is 0 Å². The standard InChI is InChI=1S/C12H13F2N3/c13-10-3-1-2-9(12(10)14)8-15-5-4-11-16-6-7-17-11/h1-3,6-7,15H,4-5,8H2,(H,16,17). The van der Waals surface area contributed by atoms with Crippen LogP contribution in [-0.2, 0) is 13.0 Å². The molecule has 1 aromatic heterocycles. The first kappa shape index (κ1) is 11.7. The number of aromatic nitrogens is 2. The molecule has 90 valence electrons. The Balaban J connectivity index is 1.80. The Morgan fingerprint density at radius 1 is 1.29 bits per heavy atom. The van der Waals surface area contributed by atoms with E-state index < -0.39 is 11.6 Å². The van der Waals surface area contributed by atoms with E-state index in [2.05, 4.69) is 15.3 Å². The number of imidazole rings is 1. The zero-order valence-corrected chi connectivity index (χ0v) is 9.21. The number of benzene rings is 1. The van der Waals surface area contributed by atoms with E-state index in [1.54, 1.807) is 18.5 Å². The predicted octanol–water partition coefficient (Wildman–Crippen LogP) is 2.02. The summed E-state index contributed by atoms with van der Waals surface area (Å²) in [7, 11) is 0. The summed E-state index contributed by atoms with van der Waals surface area (Å²) in [4.78, 5) is 7.03. The Labute approximate surface area is 97.9 Å². The monoisotopic (exact) mass is 237 g/mol. The number of aromatic amines is 1. The van der Waals surface area contributed by atoms with E-state index >= 15 is 0 Å². The molecule has 17 heavy (non-hydrogen) atoms. The summed E-state index contributed by atoms with van der Waals surface area (Å²) in [5, 5.41) is 3.04. The number of rotatable bonds is 5. The van der Waals surface area contributed by atoms with E-state index in [1.165, 1.54) is 6.07 Å². The van der Waals surface area contributed by atoms with Crippen LogP contribution in [0.15, 0.2) is 30.6 Å². The number of halogens is 2. The van der Waals surface area contributed by atoms with Crippen molar-refractivity contribution in [2.45, 2.75) is 13.0 Å². The van der Waals surface area contributed by atoms with Gasteiger partial charge in [0.05, 0.1) is 0 Å². The largest absolute Gasteiger partial charge is 0.349 e. The van der Waals surface area contributed by atoms with Crippen LogP contribution in [0.5, 0.6) is 0 Å². The van der Waals surface area contributed by atoms with E-state index in [1.807, 2.05) is 0 Å². The fourth-order valence-electron chi connectivity index (χ4n) is 1.55. The molecule has 0 fully saturated rings. The van der Waals surface area contributed by atoms with Crippen molar-refractivity contribution in [3.8, 4) is 0 Å². The summed E-state index contributed by atoms with van der Waals surface area (Å²) in [6.45, 7) is 0.966. The summed E-state index contributed by atoms with van der Waals surface area (Å²) >= 11 is 0. The molecule has 3 nitrogen and oxygen atoms in total. The molecule has 0 unspecified atom stereocenters. The topological polar surface area (TPSA) is 40.7 Å². The van der Waals surface area contributed by atoms with Gasteiger partial charge in [-0.15, -0.1) is 0 Å². The van der Waals surface area contributed by atoms with Crippen molar-refractivity contribution >= 4 is 0 Å². The van der Waals surface area contributed by atoms with Crippen LogP contribution < -0.4 is 5.32 Å². The van der Waals surface area contributed by atoms with Crippen LogP contribution in [0, 0.1) is 11.6 Å². The van der Waals surface area contributed by atoms with Gasteiger partial charge in [-0.3, -0.25) is 0 Å². The average Bonchev–Trinajstić information content (AvgIpc) is 2.83. The molecule has 0 bridgehead atoms. The van der Waals surface area contributed by atoms with Gasteiger partial charge >= 0.3 is 0 Å². The second kappa shape index (κ2) is 5.54. The lowest BCUT2D eigenvalue weighted by atomic mass is 10.2. The molecule has 1 aromatic carbocycles. The van der Waals surface area contributed by atoms with Crippen LogP contribution in [-0.4, -0.2) is 16.5 Å². The van der Waals surface area contributed by atoms with E-state index in [0.717, 1.165) is 18.3 Å². The SMILES string of the molecule is Fc1cccc(CNCCc2ncc[nH]2)c1F. The van der Waals surface area contributed by atoms with Gasteiger partial charge < -0.3 is 10.3 Å². The Morgan fingerprint density at radius 2 is 2.18 bits per heavy atom. The smallest absolute Gasteiger partial charge is 0.163 e. The molecule has 5 heteroatoms. The molecule has 0 aliphatic rings. The molecular formula is C12H13F2N3. The molecule has 2 rings (SSSR count). The van der Waals surface area contributed by atoms with E-state index in [9.17, 15) is 8.78 Å². The van der Waals surface area contributed by atoms with Gasteiger partial charge in [-0.2, -0.15) is 0 Å². The zero-order valence-electron chi connectivity index (χ0n) is 9.21. The number of nitrogens with zero attached hydrogens (tertiary/aromatic N) is 1. The Hall–Kier alpha value is -1.75. The van der Waals surface area contributed by atoms with Crippen molar-refractivity contribution in [3.63, 3.8) is 0 Å². The quantitative estimate of drug-likeness (QED) is 0.781. The molecule has 0 atom stereocenters. The second-order valence-electron chi connectivity index (χ2n) is 3.68. The Morgan fingerprint density at radius 3 is 2.94 bits per heavy atom. The maximum absolute atomic E-state index is 13.3. The first-order chi connectivity index (χ1) is 8.27. The highest BCUT2D eigenvalue weighted by Crippen LogP contribution is 2.10. The molecule has 0 saturated carbocycles. The van der Waals surface area contributed by atoms with Crippen molar-refractivity contribution in [1.29, 1.82) is 0 Å². The van der Waals surface area contributed by atoms with Crippen molar-refractivity contribution in [1.82, 2.24) is 15.3 Å². The molecule has 2 aromatic rings. The van der Waals surface area contributed by atoms with Crippen molar-refractivity contribution in [2.24, 2.45) is 0 Å². The van der Waals surface area contributed by atoms with Crippen molar-refractivity contribution < 1.29 is 8.78 Å². The number of nitrogens with one attached hydrogen (secondary N) is 2. The van der Waals surface area contributed by atoms with Gasteiger partial charge in [0, 0.05) is 37.5 Å². The summed E-state index contributed by atoms with van der Waals surface area (Å²) < 4.78 is 26.2. The maximum Gasteiger partial charge on any atom is 0.163 e. The maximum atomic E-state index is 13.3. The molecule has 0 amide bonds. The van der Waals surface area contributed by atoms with Gasteiger partial charge in [0.25, 0.3) is 0 Å². The van der Waals surface area contributed by atoms with E-state index in [0.29, 0.717) is 18.7 Å².